The molecule has 1 nitrogen and oxygen atoms in total. The number of aromatic hydroxyl groups is 1. The fraction of sp³-hybridized carbons (Fsp3) is 0.500. The molecule has 0 atom stereocenters. The third kappa shape index (κ3) is 11.0. The van der Waals surface area contributed by atoms with Gasteiger partial charge in [0.05, 0.1) is 0 Å². The van der Waals surface area contributed by atoms with E-state index in [1.165, 1.54) is 12.0 Å². The Kier molecular flexibility index (Phi) is 12.3. The summed E-state index contributed by atoms with van der Waals surface area (Å²) in [7, 11) is 0. The Balaban J connectivity index is 0. The fourth-order valence-corrected chi connectivity index (χ4v) is 0.545. The second kappa shape index (κ2) is 11.0. The van der Waals surface area contributed by atoms with Crippen molar-refractivity contribution in [1.82, 2.24) is 0 Å². The van der Waals surface area contributed by atoms with Gasteiger partial charge in [-0.3, -0.25) is 0 Å². The van der Waals surface area contributed by atoms with Crippen molar-refractivity contribution >= 4 is 0 Å². The van der Waals surface area contributed by atoms with E-state index in [0.717, 1.165) is 0 Å². The first kappa shape index (κ1) is 14.5. The van der Waals surface area contributed by atoms with Crippen LogP contribution in [0.2, 0.25) is 0 Å². The molecule has 1 aromatic carbocycles. The molecule has 0 aliphatic rings. The number of benzene rings is 1. The highest BCUT2D eigenvalue weighted by Gasteiger charge is 1.82. The lowest BCUT2D eigenvalue weighted by molar-refractivity contribution is 0.475. The molecule has 13 heavy (non-hydrogen) atoms. The lowest BCUT2D eigenvalue weighted by Gasteiger charge is -1.89. The fourth-order valence-electron chi connectivity index (χ4n) is 0.545. The van der Waals surface area contributed by atoms with Gasteiger partial charge in [0.15, 0.2) is 0 Å². The normalized spacial score (nSPS) is 7.46. The van der Waals surface area contributed by atoms with Gasteiger partial charge in [-0.15, -0.1) is 0 Å². The van der Waals surface area contributed by atoms with E-state index in [4.69, 9.17) is 5.11 Å². The molecule has 0 aliphatic carbocycles. The summed E-state index contributed by atoms with van der Waals surface area (Å²) in [6.07, 6.45) is 1.25. The zero-order valence-electron chi connectivity index (χ0n) is 9.46. The van der Waals surface area contributed by atoms with Gasteiger partial charge in [-0.25, -0.2) is 0 Å². The quantitative estimate of drug-likeness (QED) is 0.639. The number of aryl methyl sites for hydroxylation is 1. The first-order valence-corrected chi connectivity index (χ1v) is 4.96. The van der Waals surface area contributed by atoms with Crippen LogP contribution in [0.1, 0.15) is 39.7 Å². The third-order valence-electron chi connectivity index (χ3n) is 1.03. The van der Waals surface area contributed by atoms with Crippen LogP contribution < -0.4 is 0 Å². The van der Waals surface area contributed by atoms with E-state index < -0.39 is 0 Å². The molecule has 1 N–H and O–H groups in total. The van der Waals surface area contributed by atoms with Crippen molar-refractivity contribution in [3.63, 3.8) is 0 Å². The number of phenolic OH excluding ortho intramolecular Hbond substituents is 1. The van der Waals surface area contributed by atoms with E-state index in [9.17, 15) is 0 Å². The summed E-state index contributed by atoms with van der Waals surface area (Å²) in [5.41, 5.74) is 1.17. The van der Waals surface area contributed by atoms with Crippen molar-refractivity contribution in [2.45, 2.75) is 41.0 Å². The molecule has 0 fully saturated rings. The smallest absolute Gasteiger partial charge is 0.115 e. The molecule has 0 spiro atoms. The molecule has 0 radical (unpaired) electrons. The van der Waals surface area contributed by atoms with Crippen molar-refractivity contribution in [2.24, 2.45) is 0 Å². The Labute approximate surface area is 82.4 Å². The summed E-state index contributed by atoms with van der Waals surface area (Å²) < 4.78 is 0. The number of phenols is 1. The van der Waals surface area contributed by atoms with E-state index in [2.05, 4.69) is 13.8 Å². The number of hydrogen-bond donors (Lipinski definition) is 1. The van der Waals surface area contributed by atoms with Crippen LogP contribution >= 0.6 is 0 Å². The molecular formula is C12H22O. The first-order chi connectivity index (χ1) is 6.20. The highest BCUT2D eigenvalue weighted by atomic mass is 16.3. The number of hydrogen-bond acceptors (Lipinski definition) is 1. The van der Waals surface area contributed by atoms with Gasteiger partial charge in [0, 0.05) is 0 Å². The second-order valence-corrected chi connectivity index (χ2v) is 2.54. The van der Waals surface area contributed by atoms with Crippen LogP contribution in [0.15, 0.2) is 24.3 Å². The predicted molar refractivity (Wildman–Crippen MR) is 60.2 cm³/mol. The summed E-state index contributed by atoms with van der Waals surface area (Å²) in [5.74, 6) is 0.329. The van der Waals surface area contributed by atoms with Crippen LogP contribution in [0, 0.1) is 6.92 Å². The van der Waals surface area contributed by atoms with Gasteiger partial charge in [0.2, 0.25) is 0 Å². The molecule has 0 unspecified atom stereocenters. The molecular weight excluding hydrogens is 160 g/mol. The zero-order valence-corrected chi connectivity index (χ0v) is 9.46. The predicted octanol–water partition coefficient (Wildman–Crippen LogP) is 4.14. The Morgan fingerprint density at radius 1 is 1.00 bits per heavy atom. The van der Waals surface area contributed by atoms with Crippen molar-refractivity contribution in [3.8, 4) is 5.75 Å². The van der Waals surface area contributed by atoms with E-state index in [-0.39, 0.29) is 0 Å². The van der Waals surface area contributed by atoms with Gasteiger partial charge in [-0.1, -0.05) is 51.8 Å². The minimum atomic E-state index is 0.329. The van der Waals surface area contributed by atoms with Gasteiger partial charge in [-0.2, -0.15) is 0 Å². The van der Waals surface area contributed by atoms with Gasteiger partial charge in [0.25, 0.3) is 0 Å². The van der Waals surface area contributed by atoms with E-state index in [1.54, 1.807) is 12.1 Å². The molecule has 1 aromatic rings. The maximum atomic E-state index is 8.76. The highest BCUT2D eigenvalue weighted by Crippen LogP contribution is 2.07. The third-order valence-corrected chi connectivity index (χ3v) is 1.03. The zero-order chi connectivity index (χ0) is 10.7. The molecule has 1 heteroatoms. The van der Waals surface area contributed by atoms with Crippen molar-refractivity contribution in [2.75, 3.05) is 0 Å². The van der Waals surface area contributed by atoms with Crippen LogP contribution in [0.25, 0.3) is 0 Å². The molecule has 0 amide bonds. The van der Waals surface area contributed by atoms with Crippen molar-refractivity contribution < 1.29 is 5.11 Å². The average molecular weight is 182 g/mol. The lowest BCUT2D eigenvalue weighted by atomic mass is 10.2. The molecule has 0 saturated carbocycles. The Morgan fingerprint density at radius 2 is 1.31 bits per heavy atom. The highest BCUT2D eigenvalue weighted by molar-refractivity contribution is 5.24. The van der Waals surface area contributed by atoms with Crippen LogP contribution in [-0.2, 0) is 0 Å². The average Bonchev–Trinajstić information content (AvgIpc) is 2.15. The Morgan fingerprint density at radius 3 is 1.54 bits per heavy atom. The van der Waals surface area contributed by atoms with Gasteiger partial charge >= 0.3 is 0 Å². The largest absolute Gasteiger partial charge is 0.508 e. The summed E-state index contributed by atoms with van der Waals surface area (Å²) in [5, 5.41) is 8.76. The lowest BCUT2D eigenvalue weighted by Crippen LogP contribution is -1.66. The monoisotopic (exact) mass is 182 g/mol. The Hall–Kier alpha value is -0.980. The van der Waals surface area contributed by atoms with E-state index >= 15 is 0 Å². The van der Waals surface area contributed by atoms with Gasteiger partial charge < -0.3 is 5.11 Å². The Bertz CT molecular complexity index is 156. The van der Waals surface area contributed by atoms with Crippen LogP contribution in [0.3, 0.4) is 0 Å². The molecule has 0 heterocycles. The molecule has 0 aromatic heterocycles. The maximum Gasteiger partial charge on any atom is 0.115 e. The van der Waals surface area contributed by atoms with Crippen LogP contribution in [0.5, 0.6) is 5.75 Å². The number of rotatable bonds is 0. The molecule has 1 rings (SSSR count). The molecule has 76 valence electrons. The summed E-state index contributed by atoms with van der Waals surface area (Å²) in [6, 6.07) is 7.09. The molecule has 0 bridgehead atoms. The molecule has 0 aliphatic heterocycles. The SMILES string of the molecule is CC.CCC.Cc1ccc(O)cc1. The van der Waals surface area contributed by atoms with Crippen LogP contribution in [-0.4, -0.2) is 5.11 Å². The van der Waals surface area contributed by atoms with E-state index in [0.29, 0.717) is 5.75 Å². The summed E-state index contributed by atoms with van der Waals surface area (Å²) in [6.45, 7) is 10.2. The minimum absolute atomic E-state index is 0.329. The summed E-state index contributed by atoms with van der Waals surface area (Å²) in [4.78, 5) is 0. The molecule has 0 saturated heterocycles. The second-order valence-electron chi connectivity index (χ2n) is 2.54. The van der Waals surface area contributed by atoms with Crippen LogP contribution in [0.4, 0.5) is 0 Å². The summed E-state index contributed by atoms with van der Waals surface area (Å²) >= 11 is 0. The van der Waals surface area contributed by atoms with Gasteiger partial charge in [0.1, 0.15) is 5.75 Å². The van der Waals surface area contributed by atoms with E-state index in [1.807, 2.05) is 32.9 Å². The minimum Gasteiger partial charge on any atom is -0.508 e. The van der Waals surface area contributed by atoms with Crippen molar-refractivity contribution in [1.29, 1.82) is 0 Å². The maximum absolute atomic E-state index is 8.76. The topological polar surface area (TPSA) is 20.2 Å². The van der Waals surface area contributed by atoms with Crippen molar-refractivity contribution in [3.05, 3.63) is 29.8 Å². The standard InChI is InChI=1S/C7H8O.C3H8.C2H6/c1-6-2-4-7(8)5-3-6;1-3-2;1-2/h2-5,8H,1H3;3H2,1-2H3;1-2H3. The van der Waals surface area contributed by atoms with Gasteiger partial charge in [-0.05, 0) is 19.1 Å². The first-order valence-electron chi connectivity index (χ1n) is 4.96.